The Bertz CT molecular complexity index is 368. The Kier molecular flexibility index (Phi) is 2.94. The smallest absolute Gasteiger partial charge is 0.316 e. The van der Waals surface area contributed by atoms with Crippen LogP contribution in [0.3, 0.4) is 0 Å². The van der Waals surface area contributed by atoms with Crippen LogP contribution in [0.5, 0.6) is 0 Å². The Morgan fingerprint density at radius 1 is 1.31 bits per heavy atom. The van der Waals surface area contributed by atoms with Crippen molar-refractivity contribution in [3.8, 4) is 0 Å². The van der Waals surface area contributed by atoms with Gasteiger partial charge in [0.05, 0.1) is 13.2 Å². The molecule has 1 unspecified atom stereocenters. The summed E-state index contributed by atoms with van der Waals surface area (Å²) in [5.41, 5.74) is 0.694. The van der Waals surface area contributed by atoms with E-state index in [1.807, 2.05) is 18.2 Å². The van der Waals surface area contributed by atoms with Crippen LogP contribution in [0, 0.1) is 0 Å². The lowest BCUT2D eigenvalue weighted by Crippen LogP contribution is -2.38. The van der Waals surface area contributed by atoms with E-state index in [-0.39, 0.29) is 0 Å². The van der Waals surface area contributed by atoms with E-state index in [4.69, 9.17) is 9.47 Å². The maximum absolute atomic E-state index is 11.3. The van der Waals surface area contributed by atoms with Gasteiger partial charge in [0, 0.05) is 0 Å². The van der Waals surface area contributed by atoms with Crippen molar-refractivity contribution in [2.45, 2.75) is 18.6 Å². The number of carboxylic acids is 1. The molecule has 16 heavy (non-hydrogen) atoms. The number of carboxylic acid groups (broad SMARTS) is 1. The molecule has 0 aliphatic carbocycles. The first kappa shape index (κ1) is 11.1. The number of hydrogen-bond acceptors (Lipinski definition) is 3. The molecule has 0 aromatic heterocycles. The van der Waals surface area contributed by atoms with Gasteiger partial charge in [0.25, 0.3) is 0 Å². The Hall–Kier alpha value is -1.39. The lowest BCUT2D eigenvalue weighted by Gasteiger charge is -2.29. The second kappa shape index (κ2) is 4.23. The monoisotopic (exact) mass is 222 g/mol. The summed E-state index contributed by atoms with van der Waals surface area (Å²) in [6, 6.07) is 9.01. The fourth-order valence-electron chi connectivity index (χ4n) is 2.01. The van der Waals surface area contributed by atoms with Gasteiger partial charge < -0.3 is 14.6 Å². The van der Waals surface area contributed by atoms with E-state index in [0.29, 0.717) is 18.8 Å². The van der Waals surface area contributed by atoms with Crippen molar-refractivity contribution in [2.24, 2.45) is 0 Å². The van der Waals surface area contributed by atoms with Gasteiger partial charge >= 0.3 is 5.97 Å². The molecule has 1 aromatic carbocycles. The van der Waals surface area contributed by atoms with E-state index in [1.54, 1.807) is 19.1 Å². The number of carbonyl (C=O) groups is 1. The van der Waals surface area contributed by atoms with E-state index in [9.17, 15) is 9.90 Å². The topological polar surface area (TPSA) is 55.8 Å². The molecule has 1 saturated heterocycles. The van der Waals surface area contributed by atoms with Crippen molar-refractivity contribution in [1.82, 2.24) is 0 Å². The molecular weight excluding hydrogens is 208 g/mol. The largest absolute Gasteiger partial charge is 0.481 e. The van der Waals surface area contributed by atoms with Crippen LogP contribution < -0.4 is 0 Å². The average molecular weight is 222 g/mol. The van der Waals surface area contributed by atoms with E-state index >= 15 is 0 Å². The molecular formula is C12H14O4. The lowest BCUT2D eigenvalue weighted by atomic mass is 9.91. The number of ether oxygens (including phenoxy) is 2. The SMILES string of the molecule is CC1(C(C(=O)O)c2ccccc2)OCCO1. The highest BCUT2D eigenvalue weighted by Gasteiger charge is 2.45. The Balaban J connectivity index is 2.34. The molecule has 0 radical (unpaired) electrons. The summed E-state index contributed by atoms with van der Waals surface area (Å²) >= 11 is 0. The fraction of sp³-hybridized carbons (Fsp3) is 0.417. The van der Waals surface area contributed by atoms with E-state index in [1.165, 1.54) is 0 Å². The van der Waals surface area contributed by atoms with E-state index in [0.717, 1.165) is 0 Å². The molecule has 86 valence electrons. The van der Waals surface area contributed by atoms with Crippen LogP contribution in [0.2, 0.25) is 0 Å². The Morgan fingerprint density at radius 3 is 2.38 bits per heavy atom. The second-order valence-corrected chi connectivity index (χ2v) is 3.89. The molecule has 1 N–H and O–H groups in total. The molecule has 1 fully saturated rings. The van der Waals surface area contributed by atoms with Gasteiger partial charge in [0.1, 0.15) is 5.92 Å². The van der Waals surface area contributed by atoms with Crippen LogP contribution in [0.1, 0.15) is 18.4 Å². The fourth-order valence-corrected chi connectivity index (χ4v) is 2.01. The van der Waals surface area contributed by atoms with Crippen LogP contribution in [0.25, 0.3) is 0 Å². The van der Waals surface area contributed by atoms with Crippen molar-refractivity contribution >= 4 is 5.97 Å². The summed E-state index contributed by atoms with van der Waals surface area (Å²) in [5, 5.41) is 9.29. The first-order valence-corrected chi connectivity index (χ1v) is 5.19. The minimum absolute atomic E-state index is 0.438. The van der Waals surface area contributed by atoms with Crippen molar-refractivity contribution in [2.75, 3.05) is 13.2 Å². The van der Waals surface area contributed by atoms with Crippen LogP contribution in [0.4, 0.5) is 0 Å². The highest BCUT2D eigenvalue weighted by molar-refractivity contribution is 5.77. The van der Waals surface area contributed by atoms with Crippen molar-refractivity contribution in [3.05, 3.63) is 35.9 Å². The summed E-state index contributed by atoms with van der Waals surface area (Å²) in [5.74, 6) is -2.79. The Labute approximate surface area is 93.8 Å². The maximum atomic E-state index is 11.3. The molecule has 0 spiro atoms. The number of hydrogen-bond donors (Lipinski definition) is 1. The molecule has 1 atom stereocenters. The molecule has 1 aliphatic heterocycles. The van der Waals surface area contributed by atoms with E-state index < -0.39 is 17.7 Å². The normalized spacial score (nSPS) is 20.6. The van der Waals surface area contributed by atoms with Crippen molar-refractivity contribution < 1.29 is 19.4 Å². The molecule has 1 aliphatic rings. The van der Waals surface area contributed by atoms with Gasteiger partial charge in [0.15, 0.2) is 5.79 Å². The third-order valence-corrected chi connectivity index (χ3v) is 2.76. The van der Waals surface area contributed by atoms with Gasteiger partial charge in [-0.25, -0.2) is 0 Å². The summed E-state index contributed by atoms with van der Waals surface area (Å²) in [6.45, 7) is 2.55. The molecule has 0 amide bonds. The molecule has 0 bridgehead atoms. The number of aliphatic carboxylic acids is 1. The molecule has 4 heteroatoms. The van der Waals surface area contributed by atoms with Gasteiger partial charge in [0.2, 0.25) is 0 Å². The van der Waals surface area contributed by atoms with Crippen molar-refractivity contribution in [1.29, 1.82) is 0 Å². The van der Waals surface area contributed by atoms with Gasteiger partial charge in [-0.15, -0.1) is 0 Å². The first-order valence-electron chi connectivity index (χ1n) is 5.19. The van der Waals surface area contributed by atoms with Gasteiger partial charge in [-0.3, -0.25) is 4.79 Å². The second-order valence-electron chi connectivity index (χ2n) is 3.89. The standard InChI is InChI=1S/C12H14O4/c1-12(15-7-8-16-12)10(11(13)14)9-5-3-2-4-6-9/h2-6,10H,7-8H2,1H3,(H,13,14). The Morgan fingerprint density at radius 2 is 1.88 bits per heavy atom. The highest BCUT2D eigenvalue weighted by atomic mass is 16.7. The summed E-state index contributed by atoms with van der Waals surface area (Å²) in [4.78, 5) is 11.3. The zero-order valence-electron chi connectivity index (χ0n) is 9.05. The van der Waals surface area contributed by atoms with Gasteiger partial charge in [-0.1, -0.05) is 30.3 Å². The lowest BCUT2D eigenvalue weighted by molar-refractivity contribution is -0.180. The molecule has 1 aromatic rings. The van der Waals surface area contributed by atoms with Crippen molar-refractivity contribution in [3.63, 3.8) is 0 Å². The first-order chi connectivity index (χ1) is 7.63. The third kappa shape index (κ3) is 1.94. The van der Waals surface area contributed by atoms with Crippen LogP contribution in [-0.2, 0) is 14.3 Å². The molecule has 1 heterocycles. The van der Waals surface area contributed by atoms with Gasteiger partial charge in [-0.2, -0.15) is 0 Å². The zero-order valence-corrected chi connectivity index (χ0v) is 9.05. The quantitative estimate of drug-likeness (QED) is 0.844. The highest BCUT2D eigenvalue weighted by Crippen LogP contribution is 2.35. The minimum Gasteiger partial charge on any atom is -0.481 e. The minimum atomic E-state index is -1.06. The number of rotatable bonds is 3. The summed E-state index contributed by atoms with van der Waals surface area (Å²) in [6.07, 6.45) is 0. The molecule has 2 rings (SSSR count). The van der Waals surface area contributed by atoms with Crippen LogP contribution in [-0.4, -0.2) is 30.1 Å². The zero-order chi connectivity index (χ0) is 11.6. The average Bonchev–Trinajstić information content (AvgIpc) is 2.67. The molecule has 0 saturated carbocycles. The van der Waals surface area contributed by atoms with Crippen LogP contribution in [0.15, 0.2) is 30.3 Å². The van der Waals surface area contributed by atoms with Crippen LogP contribution >= 0.6 is 0 Å². The molecule has 4 nitrogen and oxygen atoms in total. The summed E-state index contributed by atoms with van der Waals surface area (Å²) < 4.78 is 10.8. The summed E-state index contributed by atoms with van der Waals surface area (Å²) in [7, 11) is 0. The maximum Gasteiger partial charge on any atom is 0.316 e. The third-order valence-electron chi connectivity index (χ3n) is 2.76. The predicted octanol–water partition coefficient (Wildman–Crippen LogP) is 1.62. The van der Waals surface area contributed by atoms with Gasteiger partial charge in [-0.05, 0) is 12.5 Å². The number of benzene rings is 1. The predicted molar refractivity (Wildman–Crippen MR) is 57.1 cm³/mol. The van der Waals surface area contributed by atoms with E-state index in [2.05, 4.69) is 0 Å².